The van der Waals surface area contributed by atoms with Gasteiger partial charge >= 0.3 is 0 Å². The second-order valence-corrected chi connectivity index (χ2v) is 3.21. The average molecular weight is 211 g/mol. The van der Waals surface area contributed by atoms with E-state index in [2.05, 4.69) is 0 Å². The molecule has 0 saturated heterocycles. The van der Waals surface area contributed by atoms with Gasteiger partial charge in [-0.25, -0.2) is 0 Å². The molecule has 1 unspecified atom stereocenters. The molecule has 1 aromatic carbocycles. The second-order valence-electron chi connectivity index (χ2n) is 3.21. The molecule has 0 bridgehead atoms. The molecule has 1 aromatic rings. The first-order valence-electron chi connectivity index (χ1n) is 4.61. The largest absolute Gasteiger partial charge is 0.492 e. The molecule has 5 nitrogen and oxygen atoms in total. The first kappa shape index (κ1) is 10.1. The van der Waals surface area contributed by atoms with Crippen molar-refractivity contribution in [1.29, 1.82) is 0 Å². The lowest BCUT2D eigenvalue weighted by Crippen LogP contribution is -2.15. The van der Waals surface area contributed by atoms with Crippen molar-refractivity contribution in [2.45, 2.75) is 6.04 Å². The summed E-state index contributed by atoms with van der Waals surface area (Å²) in [7, 11) is 1.53. The van der Waals surface area contributed by atoms with Crippen molar-refractivity contribution in [3.63, 3.8) is 0 Å². The Balaban J connectivity index is 2.48. The van der Waals surface area contributed by atoms with Crippen molar-refractivity contribution in [1.82, 2.24) is 0 Å². The Kier molecular flexibility index (Phi) is 2.66. The minimum Gasteiger partial charge on any atom is -0.492 e. The summed E-state index contributed by atoms with van der Waals surface area (Å²) in [6.07, 6.45) is 0. The van der Waals surface area contributed by atoms with Crippen molar-refractivity contribution in [2.24, 2.45) is 5.73 Å². The van der Waals surface area contributed by atoms with E-state index in [0.29, 0.717) is 22.8 Å². The van der Waals surface area contributed by atoms with Gasteiger partial charge in [0.25, 0.3) is 0 Å². The molecule has 1 aliphatic rings. The van der Waals surface area contributed by atoms with Gasteiger partial charge in [-0.15, -0.1) is 0 Å². The number of aliphatic hydroxyl groups excluding tert-OH is 1. The van der Waals surface area contributed by atoms with E-state index >= 15 is 0 Å². The summed E-state index contributed by atoms with van der Waals surface area (Å²) >= 11 is 0. The first-order valence-corrected chi connectivity index (χ1v) is 4.61. The Morgan fingerprint density at radius 2 is 2.33 bits per heavy atom. The maximum Gasteiger partial charge on any atom is 0.231 e. The zero-order valence-corrected chi connectivity index (χ0v) is 8.40. The van der Waals surface area contributed by atoms with Gasteiger partial charge in [-0.05, 0) is 12.1 Å². The third-order valence-electron chi connectivity index (χ3n) is 2.32. The molecular weight excluding hydrogens is 198 g/mol. The van der Waals surface area contributed by atoms with E-state index in [0.717, 1.165) is 0 Å². The fourth-order valence-corrected chi connectivity index (χ4v) is 1.56. The van der Waals surface area contributed by atoms with Gasteiger partial charge in [-0.1, -0.05) is 0 Å². The summed E-state index contributed by atoms with van der Waals surface area (Å²) in [5, 5.41) is 9.00. The molecule has 1 atom stereocenters. The Hall–Kier alpha value is -1.46. The normalized spacial score (nSPS) is 15.1. The van der Waals surface area contributed by atoms with Crippen LogP contribution in [-0.2, 0) is 0 Å². The van der Waals surface area contributed by atoms with Gasteiger partial charge in [0.2, 0.25) is 12.5 Å². The molecule has 0 aliphatic carbocycles. The number of methoxy groups -OCH3 is 1. The van der Waals surface area contributed by atoms with Gasteiger partial charge in [-0.2, -0.15) is 0 Å². The summed E-state index contributed by atoms with van der Waals surface area (Å²) < 4.78 is 15.7. The molecule has 15 heavy (non-hydrogen) atoms. The zero-order valence-electron chi connectivity index (χ0n) is 8.40. The number of hydrogen-bond acceptors (Lipinski definition) is 5. The molecule has 5 heteroatoms. The quantitative estimate of drug-likeness (QED) is 0.757. The topological polar surface area (TPSA) is 73.9 Å². The van der Waals surface area contributed by atoms with Crippen LogP contribution in [0.3, 0.4) is 0 Å². The second kappa shape index (κ2) is 3.96. The van der Waals surface area contributed by atoms with E-state index in [4.69, 9.17) is 25.1 Å². The van der Waals surface area contributed by atoms with E-state index in [1.54, 1.807) is 12.1 Å². The SMILES string of the molecule is COc1c(C(N)CO)ccc2c1OCO2. The van der Waals surface area contributed by atoms with Crippen LogP contribution in [0.1, 0.15) is 11.6 Å². The molecule has 0 amide bonds. The van der Waals surface area contributed by atoms with Crippen molar-refractivity contribution >= 4 is 0 Å². The Labute approximate surface area is 87.4 Å². The van der Waals surface area contributed by atoms with Crippen LogP contribution < -0.4 is 19.9 Å². The summed E-state index contributed by atoms with van der Waals surface area (Å²) in [5.41, 5.74) is 6.45. The van der Waals surface area contributed by atoms with E-state index in [-0.39, 0.29) is 13.4 Å². The van der Waals surface area contributed by atoms with Gasteiger partial charge in [0.05, 0.1) is 19.8 Å². The van der Waals surface area contributed by atoms with E-state index in [9.17, 15) is 0 Å². The van der Waals surface area contributed by atoms with Gasteiger partial charge in [-0.3, -0.25) is 0 Å². The van der Waals surface area contributed by atoms with Gasteiger partial charge in [0.15, 0.2) is 11.5 Å². The smallest absolute Gasteiger partial charge is 0.231 e. The highest BCUT2D eigenvalue weighted by atomic mass is 16.7. The molecular formula is C10H13NO4. The summed E-state index contributed by atoms with van der Waals surface area (Å²) in [6.45, 7) is 0.0412. The lowest BCUT2D eigenvalue weighted by atomic mass is 10.1. The zero-order chi connectivity index (χ0) is 10.8. The van der Waals surface area contributed by atoms with Gasteiger partial charge in [0.1, 0.15) is 0 Å². The summed E-state index contributed by atoms with van der Waals surface area (Å²) in [6, 6.07) is 3.05. The first-order chi connectivity index (χ1) is 7.27. The molecule has 2 rings (SSSR count). The van der Waals surface area contributed by atoms with Crippen molar-refractivity contribution < 1.29 is 19.3 Å². The van der Waals surface area contributed by atoms with Crippen LogP contribution in [0, 0.1) is 0 Å². The number of aliphatic hydroxyl groups is 1. The molecule has 1 heterocycles. The number of hydrogen-bond donors (Lipinski definition) is 2. The van der Waals surface area contributed by atoms with Crippen molar-refractivity contribution in [3.05, 3.63) is 17.7 Å². The van der Waals surface area contributed by atoms with Crippen LogP contribution in [0.4, 0.5) is 0 Å². The van der Waals surface area contributed by atoms with E-state index < -0.39 is 6.04 Å². The molecule has 82 valence electrons. The molecule has 0 radical (unpaired) electrons. The standard InChI is InChI=1S/C10H13NO4/c1-13-9-6(7(11)4-12)2-3-8-10(9)15-5-14-8/h2-3,7,12H,4-5,11H2,1H3. The lowest BCUT2D eigenvalue weighted by Gasteiger charge is -2.14. The Bertz CT molecular complexity index is 367. The molecule has 0 saturated carbocycles. The summed E-state index contributed by atoms with van der Waals surface area (Å²) in [4.78, 5) is 0. The number of benzene rings is 1. The third-order valence-corrected chi connectivity index (χ3v) is 2.32. The van der Waals surface area contributed by atoms with Crippen LogP contribution in [0.25, 0.3) is 0 Å². The fraction of sp³-hybridized carbons (Fsp3) is 0.400. The molecule has 0 fully saturated rings. The monoisotopic (exact) mass is 211 g/mol. The molecule has 0 spiro atoms. The molecule has 1 aliphatic heterocycles. The minimum absolute atomic E-state index is 0.143. The minimum atomic E-state index is -0.477. The Morgan fingerprint density at radius 1 is 1.53 bits per heavy atom. The highest BCUT2D eigenvalue weighted by Gasteiger charge is 2.23. The van der Waals surface area contributed by atoms with Crippen LogP contribution in [0.5, 0.6) is 17.2 Å². The van der Waals surface area contributed by atoms with Gasteiger partial charge < -0.3 is 25.1 Å². The predicted molar refractivity (Wildman–Crippen MR) is 53.1 cm³/mol. The number of rotatable bonds is 3. The molecule has 0 aromatic heterocycles. The highest BCUT2D eigenvalue weighted by molar-refractivity contribution is 5.57. The average Bonchev–Trinajstić information content (AvgIpc) is 2.74. The van der Waals surface area contributed by atoms with Crippen LogP contribution in [0.15, 0.2) is 12.1 Å². The highest BCUT2D eigenvalue weighted by Crippen LogP contribution is 2.44. The fourth-order valence-electron chi connectivity index (χ4n) is 1.56. The van der Waals surface area contributed by atoms with Crippen LogP contribution >= 0.6 is 0 Å². The lowest BCUT2D eigenvalue weighted by molar-refractivity contribution is 0.171. The summed E-state index contributed by atoms with van der Waals surface area (Å²) in [5.74, 6) is 1.73. The van der Waals surface area contributed by atoms with Crippen LogP contribution in [0.2, 0.25) is 0 Å². The van der Waals surface area contributed by atoms with Gasteiger partial charge in [0, 0.05) is 5.56 Å². The maximum absolute atomic E-state index is 9.00. The predicted octanol–water partition coefficient (Wildman–Crippen LogP) is 0.416. The van der Waals surface area contributed by atoms with E-state index in [1.807, 2.05) is 0 Å². The van der Waals surface area contributed by atoms with E-state index in [1.165, 1.54) is 7.11 Å². The number of nitrogens with two attached hydrogens (primary N) is 1. The third kappa shape index (κ3) is 1.60. The molecule has 3 N–H and O–H groups in total. The number of ether oxygens (including phenoxy) is 3. The van der Waals surface area contributed by atoms with Crippen molar-refractivity contribution in [2.75, 3.05) is 20.5 Å². The Morgan fingerprint density at radius 3 is 3.00 bits per heavy atom. The number of fused-ring (bicyclic) bond motifs is 1. The van der Waals surface area contributed by atoms with Crippen molar-refractivity contribution in [3.8, 4) is 17.2 Å². The van der Waals surface area contributed by atoms with Crippen LogP contribution in [-0.4, -0.2) is 25.6 Å². The maximum atomic E-state index is 9.00.